The van der Waals surface area contributed by atoms with Gasteiger partial charge in [0.1, 0.15) is 5.03 Å². The van der Waals surface area contributed by atoms with Crippen molar-refractivity contribution in [2.75, 3.05) is 0 Å². The summed E-state index contributed by atoms with van der Waals surface area (Å²) in [6.07, 6.45) is 3.56. The molecule has 0 aliphatic carbocycles. The Balaban J connectivity index is 2.43. The largest absolute Gasteiger partial charge is 0.409 e. The molecule has 0 aliphatic heterocycles. The van der Waals surface area contributed by atoms with Gasteiger partial charge < -0.3 is 15.5 Å². The number of amidine groups is 1. The van der Waals surface area contributed by atoms with Crippen LogP contribution in [0.1, 0.15) is 11.3 Å². The number of nitrogens with two attached hydrogens (primary N) is 1. The number of hydrogen-bond acceptors (Lipinski definition) is 5. The first-order valence-corrected chi connectivity index (χ1v) is 6.04. The summed E-state index contributed by atoms with van der Waals surface area (Å²) in [5.41, 5.74) is 7.09. The highest BCUT2D eigenvalue weighted by Gasteiger charge is 2.12. The van der Waals surface area contributed by atoms with Gasteiger partial charge in [-0.2, -0.15) is 0 Å². The van der Waals surface area contributed by atoms with Crippen molar-refractivity contribution < 1.29 is 5.21 Å². The minimum Gasteiger partial charge on any atom is -0.409 e. The highest BCUT2D eigenvalue weighted by Crippen LogP contribution is 2.27. The Morgan fingerprint density at radius 2 is 2.28 bits per heavy atom. The maximum atomic E-state index is 8.77. The van der Waals surface area contributed by atoms with Gasteiger partial charge in [-0.25, -0.2) is 9.97 Å². The molecule has 0 atom stereocenters. The summed E-state index contributed by atoms with van der Waals surface area (Å²) < 4.78 is 1.88. The van der Waals surface area contributed by atoms with Crippen LogP contribution >= 0.6 is 11.8 Å². The van der Waals surface area contributed by atoms with E-state index in [1.54, 1.807) is 12.3 Å². The fraction of sp³-hybridized carbons (Fsp3) is 0.182. The van der Waals surface area contributed by atoms with E-state index in [1.165, 1.54) is 11.8 Å². The molecule has 2 aromatic rings. The summed E-state index contributed by atoms with van der Waals surface area (Å²) >= 11 is 1.37. The molecule has 2 aromatic heterocycles. The molecule has 18 heavy (non-hydrogen) atoms. The van der Waals surface area contributed by atoms with Crippen LogP contribution < -0.4 is 5.73 Å². The fourth-order valence-electron chi connectivity index (χ4n) is 1.40. The molecule has 0 aliphatic rings. The van der Waals surface area contributed by atoms with Gasteiger partial charge in [0.05, 0.1) is 5.56 Å². The molecule has 2 heterocycles. The lowest BCUT2D eigenvalue weighted by Gasteiger charge is -2.07. The Hall–Kier alpha value is -2.02. The zero-order chi connectivity index (χ0) is 13.1. The SMILES string of the molecule is Cc1ccc(C(N)=NO)c(Sc2nccn2C)n1. The van der Waals surface area contributed by atoms with E-state index in [1.807, 2.05) is 30.8 Å². The number of imidazole rings is 1. The number of nitrogens with zero attached hydrogens (tertiary/aromatic N) is 4. The second-order valence-corrected chi connectivity index (χ2v) is 4.67. The fourth-order valence-corrected chi connectivity index (χ4v) is 2.36. The normalized spacial score (nSPS) is 11.8. The van der Waals surface area contributed by atoms with E-state index in [9.17, 15) is 0 Å². The van der Waals surface area contributed by atoms with Crippen LogP contribution in [0.5, 0.6) is 0 Å². The number of oxime groups is 1. The van der Waals surface area contributed by atoms with Crippen LogP contribution in [0.25, 0.3) is 0 Å². The Bertz CT molecular complexity index is 593. The molecule has 0 aromatic carbocycles. The van der Waals surface area contributed by atoms with Crippen molar-refractivity contribution in [3.8, 4) is 0 Å². The zero-order valence-electron chi connectivity index (χ0n) is 10.0. The van der Waals surface area contributed by atoms with Crippen molar-refractivity contribution in [1.82, 2.24) is 14.5 Å². The topological polar surface area (TPSA) is 89.3 Å². The molecule has 7 heteroatoms. The Labute approximate surface area is 109 Å². The maximum Gasteiger partial charge on any atom is 0.174 e. The first-order chi connectivity index (χ1) is 8.61. The van der Waals surface area contributed by atoms with E-state index in [-0.39, 0.29) is 5.84 Å². The lowest BCUT2D eigenvalue weighted by molar-refractivity contribution is 0.318. The van der Waals surface area contributed by atoms with E-state index in [0.717, 1.165) is 10.9 Å². The van der Waals surface area contributed by atoms with Crippen LogP contribution in [0.3, 0.4) is 0 Å². The first kappa shape index (κ1) is 12.4. The van der Waals surface area contributed by atoms with E-state index in [2.05, 4.69) is 15.1 Å². The Kier molecular flexibility index (Phi) is 3.52. The molecule has 0 radical (unpaired) electrons. The summed E-state index contributed by atoms with van der Waals surface area (Å²) in [6.45, 7) is 1.89. The van der Waals surface area contributed by atoms with Crippen molar-refractivity contribution in [3.05, 3.63) is 35.8 Å². The van der Waals surface area contributed by atoms with Gasteiger partial charge in [-0.05, 0) is 30.8 Å². The first-order valence-electron chi connectivity index (χ1n) is 5.22. The van der Waals surface area contributed by atoms with Crippen molar-refractivity contribution in [2.24, 2.45) is 17.9 Å². The van der Waals surface area contributed by atoms with Crippen LogP contribution in [-0.2, 0) is 7.05 Å². The predicted molar refractivity (Wildman–Crippen MR) is 68.8 cm³/mol. The lowest BCUT2D eigenvalue weighted by Crippen LogP contribution is -2.15. The minimum absolute atomic E-state index is 0.0409. The van der Waals surface area contributed by atoms with Crippen LogP contribution in [0.2, 0.25) is 0 Å². The standard InChI is InChI=1S/C11H13N5OS/c1-7-3-4-8(9(12)15-17)10(14-7)18-11-13-5-6-16(11)2/h3-6,17H,1-2H3,(H2,12,15). The Morgan fingerprint density at radius 1 is 1.50 bits per heavy atom. The van der Waals surface area contributed by atoms with E-state index in [4.69, 9.17) is 10.9 Å². The molecular weight excluding hydrogens is 250 g/mol. The summed E-state index contributed by atoms with van der Waals surface area (Å²) in [4.78, 5) is 8.61. The van der Waals surface area contributed by atoms with Crippen LogP contribution in [0.4, 0.5) is 0 Å². The number of aryl methyl sites for hydroxylation is 2. The van der Waals surface area contributed by atoms with Gasteiger partial charge in [0.2, 0.25) is 0 Å². The van der Waals surface area contributed by atoms with E-state index >= 15 is 0 Å². The molecule has 0 spiro atoms. The van der Waals surface area contributed by atoms with E-state index in [0.29, 0.717) is 10.6 Å². The van der Waals surface area contributed by atoms with Gasteiger partial charge >= 0.3 is 0 Å². The van der Waals surface area contributed by atoms with Crippen LogP contribution in [0, 0.1) is 6.92 Å². The average Bonchev–Trinajstić information content (AvgIpc) is 2.74. The van der Waals surface area contributed by atoms with Gasteiger partial charge in [0, 0.05) is 25.1 Å². The predicted octanol–water partition coefficient (Wildman–Crippen LogP) is 1.37. The molecule has 3 N–H and O–H groups in total. The molecule has 0 saturated heterocycles. The highest BCUT2D eigenvalue weighted by atomic mass is 32.2. The number of aromatic nitrogens is 3. The van der Waals surface area contributed by atoms with Gasteiger partial charge in [0.25, 0.3) is 0 Å². The third-order valence-electron chi connectivity index (χ3n) is 2.35. The molecule has 0 amide bonds. The zero-order valence-corrected chi connectivity index (χ0v) is 10.8. The Morgan fingerprint density at radius 3 is 2.89 bits per heavy atom. The van der Waals surface area contributed by atoms with Crippen LogP contribution in [0.15, 0.2) is 39.9 Å². The summed E-state index contributed by atoms with van der Waals surface area (Å²) in [5, 5.41) is 13.2. The van der Waals surface area contributed by atoms with Crippen LogP contribution in [-0.4, -0.2) is 25.6 Å². The van der Waals surface area contributed by atoms with Gasteiger partial charge in [-0.1, -0.05) is 5.16 Å². The molecule has 0 unspecified atom stereocenters. The number of hydrogen-bond donors (Lipinski definition) is 2. The highest BCUT2D eigenvalue weighted by molar-refractivity contribution is 7.99. The smallest absolute Gasteiger partial charge is 0.174 e. The van der Waals surface area contributed by atoms with Gasteiger partial charge in [0.15, 0.2) is 11.0 Å². The van der Waals surface area contributed by atoms with E-state index < -0.39 is 0 Å². The average molecular weight is 263 g/mol. The van der Waals surface area contributed by atoms with Crippen molar-refractivity contribution in [2.45, 2.75) is 17.1 Å². The van der Waals surface area contributed by atoms with Crippen molar-refractivity contribution >= 4 is 17.6 Å². The quantitative estimate of drug-likeness (QED) is 0.378. The molecule has 94 valence electrons. The van der Waals surface area contributed by atoms with Gasteiger partial charge in [-0.3, -0.25) is 0 Å². The monoisotopic (exact) mass is 263 g/mol. The van der Waals surface area contributed by atoms with Crippen molar-refractivity contribution in [3.63, 3.8) is 0 Å². The third-order valence-corrected chi connectivity index (χ3v) is 3.43. The number of rotatable bonds is 3. The summed E-state index contributed by atoms with van der Waals surface area (Å²) in [6, 6.07) is 3.60. The summed E-state index contributed by atoms with van der Waals surface area (Å²) in [7, 11) is 1.90. The second kappa shape index (κ2) is 5.09. The van der Waals surface area contributed by atoms with Gasteiger partial charge in [-0.15, -0.1) is 0 Å². The molecule has 2 rings (SSSR count). The molecule has 6 nitrogen and oxygen atoms in total. The molecule has 0 fully saturated rings. The third kappa shape index (κ3) is 2.45. The number of pyridine rings is 1. The summed E-state index contributed by atoms with van der Waals surface area (Å²) in [5.74, 6) is 0.0409. The minimum atomic E-state index is 0.0409. The van der Waals surface area contributed by atoms with Crippen molar-refractivity contribution in [1.29, 1.82) is 0 Å². The molecule has 0 saturated carbocycles. The second-order valence-electron chi connectivity index (χ2n) is 3.71. The molecular formula is C11H13N5OS. The maximum absolute atomic E-state index is 8.77. The molecule has 0 bridgehead atoms. The lowest BCUT2D eigenvalue weighted by atomic mass is 10.2.